The number of carbonyl (C=O) groups excluding carboxylic acids is 3. The Balaban J connectivity index is 1.14. The molecule has 1 fully saturated rings. The third-order valence-electron chi connectivity index (χ3n) is 7.71. The highest BCUT2D eigenvalue weighted by Crippen LogP contribution is 2.33. The summed E-state index contributed by atoms with van der Waals surface area (Å²) >= 11 is 0. The molecule has 1 saturated heterocycles. The van der Waals surface area contributed by atoms with Crippen molar-refractivity contribution in [3.63, 3.8) is 0 Å². The second-order valence-electron chi connectivity index (χ2n) is 10.6. The smallest absolute Gasteiger partial charge is 0.273 e. The number of nitrogens with one attached hydrogen (secondary N) is 2. The zero-order valence-electron chi connectivity index (χ0n) is 23.4. The second-order valence-corrected chi connectivity index (χ2v) is 10.6. The number of nitrogens with zero attached hydrogens (tertiary/aromatic N) is 5. The molecule has 2 aliphatic heterocycles. The number of likely N-dealkylation sites (N-methyl/N-ethyl adjacent to an activating group) is 1. The van der Waals surface area contributed by atoms with E-state index in [0.717, 1.165) is 37.4 Å². The minimum atomic E-state index is -0.549. The number of rotatable bonds is 7. The van der Waals surface area contributed by atoms with Gasteiger partial charge in [-0.05, 0) is 55.1 Å². The maximum Gasteiger partial charge on any atom is 0.273 e. The Bertz CT molecular complexity index is 1680. The SMILES string of the molecule is CN1CCN(c2ccc(N=CC3C(=O)Nc4cc(C(=O)c5cccc(NC(=O)c6cncn6C)c5)ccc43)cc2)CC1. The van der Waals surface area contributed by atoms with Crippen LogP contribution in [0.4, 0.5) is 22.7 Å². The zero-order chi connectivity index (χ0) is 29.2. The second kappa shape index (κ2) is 11.4. The standard InChI is InChI=1S/C32H31N7O3/c1-37-12-14-39(15-13-37)25-9-7-23(8-10-25)34-18-27-26-11-6-22(17-28(26)36-31(27)41)30(40)21-4-3-5-24(16-21)35-32(42)29-19-33-20-38(29)2/h3-11,16-20,27H,12-15H2,1-2H3,(H,35,42)(H,36,41). The quantitative estimate of drug-likeness (QED) is 0.260. The summed E-state index contributed by atoms with van der Waals surface area (Å²) in [6.45, 7) is 4.08. The van der Waals surface area contributed by atoms with E-state index in [-0.39, 0.29) is 17.6 Å². The number of benzene rings is 3. The molecule has 0 spiro atoms. The molecular formula is C32H31N7O3. The minimum absolute atomic E-state index is 0.188. The fourth-order valence-corrected chi connectivity index (χ4v) is 5.23. The topological polar surface area (TPSA) is 112 Å². The van der Waals surface area contributed by atoms with Gasteiger partial charge in [0.1, 0.15) is 11.6 Å². The number of aryl methyl sites for hydroxylation is 1. The monoisotopic (exact) mass is 561 g/mol. The molecule has 1 unspecified atom stereocenters. The van der Waals surface area contributed by atoms with Gasteiger partial charge in [-0.2, -0.15) is 0 Å². The van der Waals surface area contributed by atoms with Gasteiger partial charge in [0.25, 0.3) is 5.91 Å². The van der Waals surface area contributed by atoms with Gasteiger partial charge in [-0.3, -0.25) is 19.4 Å². The highest BCUT2D eigenvalue weighted by atomic mass is 16.2. The van der Waals surface area contributed by atoms with Gasteiger partial charge in [0.05, 0.1) is 18.2 Å². The van der Waals surface area contributed by atoms with Crippen LogP contribution in [-0.4, -0.2) is 71.5 Å². The maximum absolute atomic E-state index is 13.3. The number of hydrogen-bond donors (Lipinski definition) is 2. The Kier molecular flexibility index (Phi) is 7.37. The Morgan fingerprint density at radius 2 is 1.74 bits per heavy atom. The normalized spacial score (nSPS) is 16.9. The van der Waals surface area contributed by atoms with Crippen molar-refractivity contribution in [1.29, 1.82) is 0 Å². The molecule has 1 aromatic heterocycles. The molecule has 2 N–H and O–H groups in total. The van der Waals surface area contributed by atoms with Crippen molar-refractivity contribution in [1.82, 2.24) is 14.5 Å². The summed E-state index contributed by atoms with van der Waals surface area (Å²) in [4.78, 5) is 51.9. The number of ketones is 1. The van der Waals surface area contributed by atoms with Crippen LogP contribution in [0.15, 0.2) is 84.2 Å². The van der Waals surface area contributed by atoms with Crippen LogP contribution in [0, 0.1) is 0 Å². The summed E-state index contributed by atoms with van der Waals surface area (Å²) in [7, 11) is 3.87. The molecule has 2 aliphatic rings. The van der Waals surface area contributed by atoms with Crippen molar-refractivity contribution in [2.24, 2.45) is 12.0 Å². The van der Waals surface area contributed by atoms with E-state index in [2.05, 4.69) is 49.6 Å². The van der Waals surface area contributed by atoms with E-state index in [4.69, 9.17) is 0 Å². The molecule has 3 aromatic carbocycles. The summed E-state index contributed by atoms with van der Waals surface area (Å²) in [5, 5.41) is 5.69. The van der Waals surface area contributed by atoms with Crippen LogP contribution < -0.4 is 15.5 Å². The average Bonchev–Trinajstić information content (AvgIpc) is 3.57. The lowest BCUT2D eigenvalue weighted by Crippen LogP contribution is -2.44. The molecule has 1 atom stereocenters. The van der Waals surface area contributed by atoms with Crippen molar-refractivity contribution in [2.45, 2.75) is 5.92 Å². The van der Waals surface area contributed by atoms with Crippen molar-refractivity contribution in [3.05, 3.63) is 102 Å². The molecule has 2 amide bonds. The number of anilines is 3. The molecule has 42 heavy (non-hydrogen) atoms. The van der Waals surface area contributed by atoms with Crippen LogP contribution in [0.3, 0.4) is 0 Å². The number of amides is 2. The first-order chi connectivity index (χ1) is 20.4. The van der Waals surface area contributed by atoms with Crippen LogP contribution in [0.2, 0.25) is 0 Å². The summed E-state index contributed by atoms with van der Waals surface area (Å²) in [5.74, 6) is -1.28. The highest BCUT2D eigenvalue weighted by molar-refractivity contribution is 6.15. The van der Waals surface area contributed by atoms with E-state index in [9.17, 15) is 14.4 Å². The van der Waals surface area contributed by atoms with Gasteiger partial charge in [0.15, 0.2) is 5.78 Å². The van der Waals surface area contributed by atoms with Gasteiger partial charge in [-0.15, -0.1) is 0 Å². The predicted molar refractivity (Wildman–Crippen MR) is 163 cm³/mol. The summed E-state index contributed by atoms with van der Waals surface area (Å²) in [6.07, 6.45) is 4.68. The van der Waals surface area contributed by atoms with Crippen LogP contribution >= 0.6 is 0 Å². The molecule has 10 nitrogen and oxygen atoms in total. The maximum atomic E-state index is 13.3. The van der Waals surface area contributed by atoms with Gasteiger partial charge in [-0.25, -0.2) is 4.98 Å². The number of imidazole rings is 1. The molecule has 4 aromatic rings. The Morgan fingerprint density at radius 3 is 2.48 bits per heavy atom. The van der Waals surface area contributed by atoms with E-state index >= 15 is 0 Å². The lowest BCUT2D eigenvalue weighted by molar-refractivity contribution is -0.115. The molecule has 6 rings (SSSR count). The number of carbonyl (C=O) groups is 3. The number of aliphatic imine (C=N–C) groups is 1. The third kappa shape index (κ3) is 5.57. The van der Waals surface area contributed by atoms with Gasteiger partial charge in [0.2, 0.25) is 5.91 Å². The van der Waals surface area contributed by atoms with Crippen LogP contribution in [-0.2, 0) is 11.8 Å². The number of hydrogen-bond acceptors (Lipinski definition) is 7. The number of aromatic nitrogens is 2. The van der Waals surface area contributed by atoms with Crippen molar-refractivity contribution >= 4 is 46.6 Å². The minimum Gasteiger partial charge on any atom is -0.369 e. The summed E-state index contributed by atoms with van der Waals surface area (Å²) in [6, 6.07) is 20.0. The lowest BCUT2D eigenvalue weighted by Gasteiger charge is -2.34. The van der Waals surface area contributed by atoms with E-state index in [1.54, 1.807) is 66.6 Å². The van der Waals surface area contributed by atoms with E-state index in [1.165, 1.54) is 11.9 Å². The average molecular weight is 562 g/mol. The number of fused-ring (bicyclic) bond motifs is 1. The summed E-state index contributed by atoms with van der Waals surface area (Å²) in [5.41, 5.74) is 5.05. The molecule has 212 valence electrons. The van der Waals surface area contributed by atoms with Crippen LogP contribution in [0.25, 0.3) is 0 Å². The Labute approximate surface area is 243 Å². The Hall–Kier alpha value is -5.09. The number of piperazine rings is 1. The molecule has 0 bridgehead atoms. The van der Waals surface area contributed by atoms with Crippen molar-refractivity contribution in [2.75, 3.05) is 48.8 Å². The van der Waals surface area contributed by atoms with Crippen molar-refractivity contribution in [3.8, 4) is 0 Å². The largest absolute Gasteiger partial charge is 0.369 e. The third-order valence-corrected chi connectivity index (χ3v) is 7.71. The lowest BCUT2D eigenvalue weighted by atomic mass is 9.97. The van der Waals surface area contributed by atoms with Gasteiger partial charge < -0.3 is 25.0 Å². The first-order valence-electron chi connectivity index (χ1n) is 13.8. The van der Waals surface area contributed by atoms with E-state index < -0.39 is 5.92 Å². The first-order valence-corrected chi connectivity index (χ1v) is 13.8. The molecule has 3 heterocycles. The Morgan fingerprint density at radius 1 is 0.976 bits per heavy atom. The van der Waals surface area contributed by atoms with Crippen LogP contribution in [0.5, 0.6) is 0 Å². The molecule has 0 radical (unpaired) electrons. The van der Waals surface area contributed by atoms with E-state index in [1.807, 2.05) is 12.1 Å². The zero-order valence-corrected chi connectivity index (χ0v) is 23.4. The fraction of sp³-hybridized carbons (Fsp3) is 0.219. The summed E-state index contributed by atoms with van der Waals surface area (Å²) < 4.78 is 1.62. The van der Waals surface area contributed by atoms with Crippen LogP contribution in [0.1, 0.15) is 37.9 Å². The molecule has 10 heteroatoms. The molecule has 0 aliphatic carbocycles. The highest BCUT2D eigenvalue weighted by Gasteiger charge is 2.30. The first kappa shape index (κ1) is 27.1. The molecule has 0 saturated carbocycles. The van der Waals surface area contributed by atoms with E-state index in [0.29, 0.717) is 28.2 Å². The van der Waals surface area contributed by atoms with Gasteiger partial charge >= 0.3 is 0 Å². The van der Waals surface area contributed by atoms with Gasteiger partial charge in [-0.1, -0.05) is 24.3 Å². The molecular weight excluding hydrogens is 530 g/mol. The fourth-order valence-electron chi connectivity index (χ4n) is 5.23. The van der Waals surface area contributed by atoms with Gasteiger partial charge in [0, 0.05) is 67.6 Å². The van der Waals surface area contributed by atoms with Crippen molar-refractivity contribution < 1.29 is 14.4 Å². The predicted octanol–water partition coefficient (Wildman–Crippen LogP) is 4.09.